The zero-order chi connectivity index (χ0) is 8.91. The summed E-state index contributed by atoms with van der Waals surface area (Å²) in [5.74, 6) is -2.74. The highest BCUT2D eigenvalue weighted by Crippen LogP contribution is 2.09. The van der Waals surface area contributed by atoms with E-state index >= 15 is 0 Å². The number of hydrogen-bond acceptors (Lipinski definition) is 5. The van der Waals surface area contributed by atoms with Crippen LogP contribution in [0.1, 0.15) is 12.8 Å². The molecule has 5 nitrogen and oxygen atoms in total. The molecule has 0 aliphatic rings. The number of rotatable bonds is 3. The Kier molecular flexibility index (Phi) is 3.49. The van der Waals surface area contributed by atoms with Crippen LogP contribution in [0.15, 0.2) is 0 Å². The van der Waals surface area contributed by atoms with E-state index in [1.807, 2.05) is 0 Å². The Bertz CT molecular complexity index is 201. The fourth-order valence-corrected chi connectivity index (χ4v) is 0.477. The highest BCUT2D eigenvalue weighted by atomic mass is 16.5. The minimum absolute atomic E-state index is 0.0221. The Morgan fingerprint density at radius 3 is 2.27 bits per heavy atom. The van der Waals surface area contributed by atoms with Crippen LogP contribution in [0.2, 0.25) is 0 Å². The Hall–Kier alpha value is -1.14. The van der Waals surface area contributed by atoms with Crippen LogP contribution in [-0.2, 0) is 0 Å². The molecule has 1 atom stereocenters. The molecular formula is C6H8N2O3. The molecule has 0 radical (unpaired) electrons. The highest BCUT2D eigenvalue weighted by molar-refractivity contribution is 4.96. The van der Waals surface area contributed by atoms with Crippen molar-refractivity contribution in [3.8, 4) is 12.1 Å². The van der Waals surface area contributed by atoms with Gasteiger partial charge in [0.2, 0.25) is 0 Å². The van der Waals surface area contributed by atoms with Crippen molar-refractivity contribution in [2.75, 3.05) is 0 Å². The number of nitriles is 2. The summed E-state index contributed by atoms with van der Waals surface area (Å²) in [7, 11) is 0. The first-order valence-electron chi connectivity index (χ1n) is 2.95. The lowest BCUT2D eigenvalue weighted by Gasteiger charge is -2.18. The van der Waals surface area contributed by atoms with Crippen molar-refractivity contribution in [2.45, 2.75) is 24.7 Å². The van der Waals surface area contributed by atoms with Crippen molar-refractivity contribution < 1.29 is 15.3 Å². The topological polar surface area (TPSA) is 108 Å². The van der Waals surface area contributed by atoms with E-state index in [1.165, 1.54) is 0 Å². The third kappa shape index (κ3) is 2.96. The van der Waals surface area contributed by atoms with Gasteiger partial charge in [-0.2, -0.15) is 10.5 Å². The van der Waals surface area contributed by atoms with Gasteiger partial charge in [-0.05, 0) is 6.42 Å². The standard InChI is InChI=1S/C6H8N2O3/c7-3-1-2-5(9)6(10,11)4-8/h5,9-11H,1-2H2. The van der Waals surface area contributed by atoms with Crippen molar-refractivity contribution >= 4 is 0 Å². The monoisotopic (exact) mass is 156 g/mol. The minimum atomic E-state index is -2.74. The molecule has 1 unspecified atom stereocenters. The SMILES string of the molecule is N#CCCC(O)C(O)(O)C#N. The number of hydrogen-bond donors (Lipinski definition) is 3. The molecule has 0 bridgehead atoms. The van der Waals surface area contributed by atoms with Crippen LogP contribution in [0.5, 0.6) is 0 Å². The van der Waals surface area contributed by atoms with Crippen molar-refractivity contribution in [2.24, 2.45) is 0 Å². The van der Waals surface area contributed by atoms with E-state index in [4.69, 9.17) is 25.8 Å². The lowest BCUT2D eigenvalue weighted by Crippen LogP contribution is -2.40. The van der Waals surface area contributed by atoms with Gasteiger partial charge in [-0.3, -0.25) is 0 Å². The van der Waals surface area contributed by atoms with E-state index in [0.717, 1.165) is 6.07 Å². The zero-order valence-electron chi connectivity index (χ0n) is 5.73. The van der Waals surface area contributed by atoms with Crippen LogP contribution in [0.3, 0.4) is 0 Å². The molecule has 0 spiro atoms. The molecule has 0 fully saturated rings. The molecule has 0 aromatic carbocycles. The summed E-state index contributed by atoms with van der Waals surface area (Å²) in [5, 5.41) is 42.3. The molecule has 0 aliphatic carbocycles. The van der Waals surface area contributed by atoms with Gasteiger partial charge in [0, 0.05) is 6.42 Å². The van der Waals surface area contributed by atoms with Crippen LogP contribution in [0, 0.1) is 22.7 Å². The van der Waals surface area contributed by atoms with Gasteiger partial charge in [-0.25, -0.2) is 0 Å². The first kappa shape index (κ1) is 9.86. The van der Waals surface area contributed by atoms with Gasteiger partial charge >= 0.3 is 0 Å². The second kappa shape index (κ2) is 3.89. The van der Waals surface area contributed by atoms with Crippen LogP contribution >= 0.6 is 0 Å². The van der Waals surface area contributed by atoms with E-state index in [2.05, 4.69) is 0 Å². The average Bonchev–Trinajstić information content (AvgIpc) is 2.00. The maximum absolute atomic E-state index is 8.83. The van der Waals surface area contributed by atoms with E-state index in [9.17, 15) is 0 Å². The molecule has 0 aromatic heterocycles. The van der Waals surface area contributed by atoms with Gasteiger partial charge in [0.1, 0.15) is 12.2 Å². The van der Waals surface area contributed by atoms with E-state index in [0.29, 0.717) is 0 Å². The van der Waals surface area contributed by atoms with Gasteiger partial charge in [0.25, 0.3) is 5.79 Å². The summed E-state index contributed by atoms with van der Waals surface area (Å²) >= 11 is 0. The predicted octanol–water partition coefficient (Wildman–Crippen LogP) is -1.14. The van der Waals surface area contributed by atoms with E-state index in [1.54, 1.807) is 6.07 Å². The molecule has 0 aliphatic heterocycles. The van der Waals surface area contributed by atoms with Crippen LogP contribution in [-0.4, -0.2) is 27.2 Å². The molecule has 0 heterocycles. The smallest absolute Gasteiger partial charge is 0.281 e. The second-order valence-corrected chi connectivity index (χ2v) is 2.05. The third-order valence-corrected chi connectivity index (χ3v) is 1.16. The van der Waals surface area contributed by atoms with Crippen LogP contribution < -0.4 is 0 Å². The molecule has 0 aromatic rings. The lowest BCUT2D eigenvalue weighted by atomic mass is 10.1. The first-order valence-corrected chi connectivity index (χ1v) is 2.95. The summed E-state index contributed by atoms with van der Waals surface area (Å²) < 4.78 is 0. The van der Waals surface area contributed by atoms with Crippen LogP contribution in [0.4, 0.5) is 0 Å². The van der Waals surface area contributed by atoms with Gasteiger partial charge in [-0.1, -0.05) is 0 Å². The fourth-order valence-electron chi connectivity index (χ4n) is 0.477. The lowest BCUT2D eigenvalue weighted by molar-refractivity contribution is -0.183. The number of nitrogens with zero attached hydrogens (tertiary/aromatic N) is 2. The van der Waals surface area contributed by atoms with Crippen molar-refractivity contribution in [3.05, 3.63) is 0 Å². The molecule has 0 saturated heterocycles. The second-order valence-electron chi connectivity index (χ2n) is 2.05. The molecule has 0 amide bonds. The van der Waals surface area contributed by atoms with Gasteiger partial charge in [0.05, 0.1) is 6.07 Å². The molecular weight excluding hydrogens is 148 g/mol. The molecule has 60 valence electrons. The third-order valence-electron chi connectivity index (χ3n) is 1.16. The Labute approximate surface area is 63.7 Å². The Balaban J connectivity index is 3.96. The maximum Gasteiger partial charge on any atom is 0.281 e. The average molecular weight is 156 g/mol. The zero-order valence-corrected chi connectivity index (χ0v) is 5.73. The first-order chi connectivity index (χ1) is 5.04. The van der Waals surface area contributed by atoms with Crippen molar-refractivity contribution in [1.82, 2.24) is 0 Å². The molecule has 11 heavy (non-hydrogen) atoms. The summed E-state index contributed by atoms with van der Waals surface area (Å²) in [6, 6.07) is 2.80. The highest BCUT2D eigenvalue weighted by Gasteiger charge is 2.32. The number of aliphatic hydroxyl groups excluding tert-OH is 1. The number of aliphatic hydroxyl groups is 3. The van der Waals surface area contributed by atoms with Crippen molar-refractivity contribution in [3.63, 3.8) is 0 Å². The van der Waals surface area contributed by atoms with Gasteiger partial charge in [0.15, 0.2) is 0 Å². The van der Waals surface area contributed by atoms with E-state index < -0.39 is 11.9 Å². The summed E-state index contributed by atoms with van der Waals surface area (Å²) in [6.45, 7) is 0. The molecule has 5 heteroatoms. The summed E-state index contributed by atoms with van der Waals surface area (Å²) in [4.78, 5) is 0. The summed E-state index contributed by atoms with van der Waals surface area (Å²) in [6.07, 6.45) is -1.74. The molecule has 3 N–H and O–H groups in total. The Morgan fingerprint density at radius 1 is 1.36 bits per heavy atom. The van der Waals surface area contributed by atoms with Gasteiger partial charge in [-0.15, -0.1) is 0 Å². The van der Waals surface area contributed by atoms with E-state index in [-0.39, 0.29) is 12.8 Å². The Morgan fingerprint density at radius 2 is 1.91 bits per heavy atom. The normalized spacial score (nSPS) is 13.2. The largest absolute Gasteiger partial charge is 0.386 e. The summed E-state index contributed by atoms with van der Waals surface area (Å²) in [5.41, 5.74) is 0. The van der Waals surface area contributed by atoms with Gasteiger partial charge < -0.3 is 15.3 Å². The van der Waals surface area contributed by atoms with Crippen molar-refractivity contribution in [1.29, 1.82) is 10.5 Å². The maximum atomic E-state index is 8.83. The molecule has 0 saturated carbocycles. The fraction of sp³-hybridized carbons (Fsp3) is 0.667. The predicted molar refractivity (Wildman–Crippen MR) is 33.6 cm³/mol. The molecule has 0 rings (SSSR count). The minimum Gasteiger partial charge on any atom is -0.386 e. The van der Waals surface area contributed by atoms with Crippen LogP contribution in [0.25, 0.3) is 0 Å². The quantitative estimate of drug-likeness (QED) is 0.353.